The summed E-state index contributed by atoms with van der Waals surface area (Å²) in [4.78, 5) is 30.6. The van der Waals surface area contributed by atoms with Gasteiger partial charge in [0, 0.05) is 36.4 Å². The van der Waals surface area contributed by atoms with Crippen LogP contribution in [0.3, 0.4) is 0 Å². The van der Waals surface area contributed by atoms with E-state index in [9.17, 15) is 9.59 Å². The Morgan fingerprint density at radius 3 is 2.37 bits per heavy atom. The summed E-state index contributed by atoms with van der Waals surface area (Å²) < 4.78 is 5.27. The van der Waals surface area contributed by atoms with E-state index in [1.54, 1.807) is 25.3 Å². The maximum Gasteiger partial charge on any atom is 0.282 e. The fraction of sp³-hybridized carbons (Fsp3) is 0.130. The van der Waals surface area contributed by atoms with Gasteiger partial charge in [0.2, 0.25) is 0 Å². The number of imide groups is 1. The third-order valence-electron chi connectivity index (χ3n) is 4.81. The van der Waals surface area contributed by atoms with E-state index < -0.39 is 0 Å². The number of ether oxygens (including phenoxy) is 1. The molecule has 6 nitrogen and oxygen atoms in total. The zero-order chi connectivity index (χ0) is 21.3. The first kappa shape index (κ1) is 19.7. The predicted molar refractivity (Wildman–Crippen MR) is 121 cm³/mol. The van der Waals surface area contributed by atoms with Crippen molar-refractivity contribution in [2.45, 2.75) is 0 Å². The molecule has 0 fully saturated rings. The molecule has 0 radical (unpaired) electrons. The average Bonchev–Trinajstić information content (AvgIpc) is 3.35. The number of benzene rings is 2. The molecule has 1 N–H and O–H groups in total. The number of anilines is 3. The summed E-state index contributed by atoms with van der Waals surface area (Å²) in [6.07, 6.45) is 0. The molecule has 3 aromatic rings. The Bertz CT molecular complexity index is 1120. The summed E-state index contributed by atoms with van der Waals surface area (Å²) in [6.45, 7) is 0. The molecule has 0 bridgehead atoms. The van der Waals surface area contributed by atoms with E-state index in [0.29, 0.717) is 22.7 Å². The molecule has 30 heavy (non-hydrogen) atoms. The number of amides is 2. The van der Waals surface area contributed by atoms with E-state index in [1.165, 1.54) is 16.2 Å². The Morgan fingerprint density at radius 2 is 1.73 bits per heavy atom. The van der Waals surface area contributed by atoms with E-state index >= 15 is 0 Å². The molecule has 0 saturated heterocycles. The number of methoxy groups -OCH3 is 1. The molecular formula is C23H21N3O3S. The summed E-state index contributed by atoms with van der Waals surface area (Å²) in [7, 11) is 5.46. The quantitative estimate of drug-likeness (QED) is 0.606. The molecule has 0 saturated carbocycles. The largest absolute Gasteiger partial charge is 0.497 e. The lowest BCUT2D eigenvalue weighted by atomic mass is 10.2. The van der Waals surface area contributed by atoms with Crippen molar-refractivity contribution in [2.24, 2.45) is 0 Å². The molecular weight excluding hydrogens is 398 g/mol. The molecule has 4 rings (SSSR count). The van der Waals surface area contributed by atoms with Crippen LogP contribution in [0.25, 0.3) is 5.57 Å². The van der Waals surface area contributed by atoms with Gasteiger partial charge in [-0.15, -0.1) is 11.3 Å². The van der Waals surface area contributed by atoms with Crippen molar-refractivity contribution in [3.63, 3.8) is 0 Å². The van der Waals surface area contributed by atoms with Gasteiger partial charge in [0.05, 0.1) is 18.4 Å². The van der Waals surface area contributed by atoms with Gasteiger partial charge in [-0.05, 0) is 47.8 Å². The molecule has 1 aromatic heterocycles. The number of thiophene rings is 1. The zero-order valence-corrected chi connectivity index (χ0v) is 17.7. The van der Waals surface area contributed by atoms with E-state index in [2.05, 4.69) is 5.32 Å². The maximum atomic E-state index is 13.3. The molecule has 0 unspecified atom stereocenters. The second-order valence-electron chi connectivity index (χ2n) is 6.94. The van der Waals surface area contributed by atoms with Gasteiger partial charge < -0.3 is 15.0 Å². The summed E-state index contributed by atoms with van der Waals surface area (Å²) in [6, 6.07) is 18.3. The normalized spacial score (nSPS) is 13.8. The van der Waals surface area contributed by atoms with Gasteiger partial charge in [0.25, 0.3) is 11.8 Å². The Kier molecular flexibility index (Phi) is 5.29. The number of rotatable bonds is 6. The van der Waals surface area contributed by atoms with E-state index in [-0.39, 0.29) is 17.5 Å². The Labute approximate surface area is 179 Å². The molecule has 7 heteroatoms. The lowest BCUT2D eigenvalue weighted by Gasteiger charge is -2.18. The highest BCUT2D eigenvalue weighted by atomic mass is 32.1. The number of carbonyl (C=O) groups is 2. The number of hydrogen-bond donors (Lipinski definition) is 1. The van der Waals surface area contributed by atoms with Crippen LogP contribution < -0.4 is 19.9 Å². The molecule has 2 heterocycles. The minimum Gasteiger partial charge on any atom is -0.497 e. The smallest absolute Gasteiger partial charge is 0.282 e. The Hall–Kier alpha value is -3.58. The first-order valence-electron chi connectivity index (χ1n) is 9.35. The van der Waals surface area contributed by atoms with Crippen LogP contribution in [-0.2, 0) is 9.59 Å². The van der Waals surface area contributed by atoms with Crippen LogP contribution in [0.4, 0.5) is 17.1 Å². The fourth-order valence-electron chi connectivity index (χ4n) is 3.27. The predicted octanol–water partition coefficient (Wildman–Crippen LogP) is 4.22. The van der Waals surface area contributed by atoms with Crippen LogP contribution >= 0.6 is 11.3 Å². The van der Waals surface area contributed by atoms with Crippen LogP contribution in [0.2, 0.25) is 0 Å². The monoisotopic (exact) mass is 419 g/mol. The molecule has 152 valence electrons. The summed E-state index contributed by atoms with van der Waals surface area (Å²) in [5, 5.41) is 5.04. The second kappa shape index (κ2) is 8.04. The van der Waals surface area contributed by atoms with Crippen LogP contribution in [0.15, 0.2) is 71.7 Å². The highest BCUT2D eigenvalue weighted by Crippen LogP contribution is 2.36. The van der Waals surface area contributed by atoms with Crippen molar-refractivity contribution in [1.82, 2.24) is 0 Å². The van der Waals surface area contributed by atoms with E-state index in [4.69, 9.17) is 4.74 Å². The van der Waals surface area contributed by atoms with Crippen LogP contribution in [-0.4, -0.2) is 33.0 Å². The third kappa shape index (κ3) is 3.55. The molecule has 2 amide bonds. The third-order valence-corrected chi connectivity index (χ3v) is 5.70. The van der Waals surface area contributed by atoms with Gasteiger partial charge in [0.15, 0.2) is 0 Å². The van der Waals surface area contributed by atoms with Gasteiger partial charge in [-0.1, -0.05) is 12.1 Å². The lowest BCUT2D eigenvalue weighted by Crippen LogP contribution is -2.32. The van der Waals surface area contributed by atoms with Crippen molar-refractivity contribution < 1.29 is 14.3 Å². The topological polar surface area (TPSA) is 61.9 Å². The van der Waals surface area contributed by atoms with Gasteiger partial charge in [0.1, 0.15) is 11.4 Å². The summed E-state index contributed by atoms with van der Waals surface area (Å²) in [5.74, 6) is -0.0690. The SMILES string of the molecule is COc1cccc(NC2=C(c3cccs3)C(=O)N(c3ccc(N(C)C)cc3)C2=O)c1. The highest BCUT2D eigenvalue weighted by Gasteiger charge is 2.40. The van der Waals surface area contributed by atoms with Gasteiger partial charge in [-0.25, -0.2) is 4.90 Å². The van der Waals surface area contributed by atoms with E-state index in [1.807, 2.05) is 66.8 Å². The maximum absolute atomic E-state index is 13.3. The molecule has 0 aliphatic carbocycles. The Balaban J connectivity index is 1.74. The molecule has 1 aliphatic heterocycles. The number of hydrogen-bond acceptors (Lipinski definition) is 6. The van der Waals surface area contributed by atoms with Crippen molar-refractivity contribution >= 4 is 45.8 Å². The van der Waals surface area contributed by atoms with Crippen molar-refractivity contribution in [3.05, 3.63) is 76.6 Å². The van der Waals surface area contributed by atoms with Gasteiger partial charge in [-0.3, -0.25) is 9.59 Å². The van der Waals surface area contributed by atoms with Crippen LogP contribution in [0.5, 0.6) is 5.75 Å². The lowest BCUT2D eigenvalue weighted by molar-refractivity contribution is -0.120. The zero-order valence-electron chi connectivity index (χ0n) is 16.9. The van der Waals surface area contributed by atoms with Gasteiger partial charge in [-0.2, -0.15) is 0 Å². The molecule has 2 aromatic carbocycles. The molecule has 1 aliphatic rings. The minimum atomic E-state index is -0.385. The van der Waals surface area contributed by atoms with Crippen LogP contribution in [0.1, 0.15) is 4.88 Å². The fourth-order valence-corrected chi connectivity index (χ4v) is 4.04. The van der Waals surface area contributed by atoms with E-state index in [0.717, 1.165) is 10.6 Å². The first-order chi connectivity index (χ1) is 14.5. The van der Waals surface area contributed by atoms with Crippen molar-refractivity contribution in [2.75, 3.05) is 36.3 Å². The van der Waals surface area contributed by atoms with Crippen molar-refractivity contribution in [3.8, 4) is 5.75 Å². The Morgan fingerprint density at radius 1 is 0.967 bits per heavy atom. The summed E-state index contributed by atoms with van der Waals surface area (Å²) in [5.41, 5.74) is 2.82. The van der Waals surface area contributed by atoms with Crippen LogP contribution in [0, 0.1) is 0 Å². The van der Waals surface area contributed by atoms with Gasteiger partial charge >= 0.3 is 0 Å². The highest BCUT2D eigenvalue weighted by molar-refractivity contribution is 7.11. The standard InChI is InChI=1S/C23H21N3O3S/c1-25(2)16-9-11-17(12-10-16)26-22(27)20(19-8-5-13-30-19)21(23(26)28)24-15-6-4-7-18(14-15)29-3/h4-14,24H,1-3H3. The molecule has 0 atom stereocenters. The number of nitrogens with zero attached hydrogens (tertiary/aromatic N) is 2. The first-order valence-corrected chi connectivity index (χ1v) is 10.2. The number of carbonyl (C=O) groups excluding carboxylic acids is 2. The molecule has 0 spiro atoms. The second-order valence-corrected chi connectivity index (χ2v) is 7.89. The minimum absolute atomic E-state index is 0.257. The average molecular weight is 420 g/mol. The number of nitrogens with one attached hydrogen (secondary N) is 1. The summed E-state index contributed by atoms with van der Waals surface area (Å²) >= 11 is 1.42. The van der Waals surface area contributed by atoms with Crippen molar-refractivity contribution in [1.29, 1.82) is 0 Å².